The summed E-state index contributed by atoms with van der Waals surface area (Å²) in [7, 11) is 0. The lowest BCUT2D eigenvalue weighted by molar-refractivity contribution is 0.621. The summed E-state index contributed by atoms with van der Waals surface area (Å²) in [6, 6.07) is 4.94. The SMILES string of the molecule is Cc1nccc(Cn2c(CCl)nc3cc(Br)c(F)cc32)n1. The van der Waals surface area contributed by atoms with Gasteiger partial charge in [-0.25, -0.2) is 19.3 Å². The van der Waals surface area contributed by atoms with Gasteiger partial charge in [0, 0.05) is 12.3 Å². The third-order valence-electron chi connectivity index (χ3n) is 3.14. The monoisotopic (exact) mass is 368 g/mol. The van der Waals surface area contributed by atoms with Gasteiger partial charge in [-0.2, -0.15) is 0 Å². The number of hydrogen-bond acceptors (Lipinski definition) is 3. The lowest BCUT2D eigenvalue weighted by Crippen LogP contribution is -2.06. The molecule has 0 saturated carbocycles. The molecule has 0 saturated heterocycles. The fourth-order valence-corrected chi connectivity index (χ4v) is 2.74. The Bertz CT molecular complexity index is 818. The van der Waals surface area contributed by atoms with Crippen LogP contribution in [0.2, 0.25) is 0 Å². The first-order valence-corrected chi connectivity index (χ1v) is 7.60. The zero-order chi connectivity index (χ0) is 15.0. The quantitative estimate of drug-likeness (QED) is 0.659. The van der Waals surface area contributed by atoms with Crippen molar-refractivity contribution in [2.24, 2.45) is 0 Å². The zero-order valence-corrected chi connectivity index (χ0v) is 13.5. The Morgan fingerprint density at radius 1 is 1.33 bits per heavy atom. The van der Waals surface area contributed by atoms with E-state index < -0.39 is 0 Å². The summed E-state index contributed by atoms with van der Waals surface area (Å²) in [6.45, 7) is 2.30. The number of aryl methyl sites for hydroxylation is 1. The average molecular weight is 370 g/mol. The van der Waals surface area contributed by atoms with E-state index in [1.54, 1.807) is 12.3 Å². The fraction of sp³-hybridized carbons (Fsp3) is 0.214. The first kappa shape index (κ1) is 14.4. The second kappa shape index (κ2) is 5.69. The van der Waals surface area contributed by atoms with E-state index in [2.05, 4.69) is 30.9 Å². The van der Waals surface area contributed by atoms with Gasteiger partial charge in [-0.1, -0.05) is 0 Å². The largest absolute Gasteiger partial charge is 0.321 e. The number of rotatable bonds is 3. The fourth-order valence-electron chi connectivity index (χ4n) is 2.20. The molecule has 0 fully saturated rings. The van der Waals surface area contributed by atoms with Gasteiger partial charge in [-0.15, -0.1) is 11.6 Å². The molecule has 0 aliphatic heterocycles. The Hall–Kier alpha value is -1.53. The highest BCUT2D eigenvalue weighted by atomic mass is 79.9. The first-order chi connectivity index (χ1) is 10.1. The average Bonchev–Trinajstić information content (AvgIpc) is 2.77. The summed E-state index contributed by atoms with van der Waals surface area (Å²) in [6.07, 6.45) is 1.70. The molecule has 2 heterocycles. The molecule has 0 aliphatic carbocycles. The molecule has 2 aromatic heterocycles. The van der Waals surface area contributed by atoms with E-state index in [0.717, 1.165) is 5.69 Å². The number of fused-ring (bicyclic) bond motifs is 1. The molecule has 1 aromatic carbocycles. The Morgan fingerprint density at radius 3 is 2.86 bits per heavy atom. The predicted molar refractivity (Wildman–Crippen MR) is 82.8 cm³/mol. The van der Waals surface area contributed by atoms with Crippen molar-refractivity contribution in [2.75, 3.05) is 0 Å². The van der Waals surface area contributed by atoms with E-state index in [9.17, 15) is 4.39 Å². The highest BCUT2D eigenvalue weighted by Crippen LogP contribution is 2.25. The van der Waals surface area contributed by atoms with Crippen LogP contribution >= 0.6 is 27.5 Å². The molecule has 0 aliphatic rings. The Labute approximate surface area is 134 Å². The Morgan fingerprint density at radius 2 is 2.14 bits per heavy atom. The maximum Gasteiger partial charge on any atom is 0.139 e. The number of nitrogens with zero attached hydrogens (tertiary/aromatic N) is 4. The standard InChI is InChI=1S/C14H11BrClFN4/c1-8-18-3-2-9(19-8)7-21-13-5-11(17)10(15)4-12(13)20-14(21)6-16/h2-5H,6-7H2,1H3. The lowest BCUT2D eigenvalue weighted by Gasteiger charge is -2.08. The van der Waals surface area contributed by atoms with Gasteiger partial charge in [0.15, 0.2) is 0 Å². The molecule has 0 bridgehead atoms. The summed E-state index contributed by atoms with van der Waals surface area (Å²) in [4.78, 5) is 12.9. The van der Waals surface area contributed by atoms with Crippen LogP contribution < -0.4 is 0 Å². The van der Waals surface area contributed by atoms with E-state index in [0.29, 0.717) is 33.7 Å². The maximum atomic E-state index is 13.8. The summed E-state index contributed by atoms with van der Waals surface area (Å²) in [5.74, 6) is 1.29. The topological polar surface area (TPSA) is 43.6 Å². The lowest BCUT2D eigenvalue weighted by atomic mass is 10.3. The van der Waals surface area contributed by atoms with E-state index in [1.165, 1.54) is 6.07 Å². The van der Waals surface area contributed by atoms with Crippen molar-refractivity contribution >= 4 is 38.6 Å². The van der Waals surface area contributed by atoms with Gasteiger partial charge in [-0.05, 0) is 35.0 Å². The minimum atomic E-state index is -0.330. The van der Waals surface area contributed by atoms with Crippen LogP contribution in [0.1, 0.15) is 17.3 Å². The van der Waals surface area contributed by atoms with Crippen molar-refractivity contribution in [1.82, 2.24) is 19.5 Å². The molecule has 0 radical (unpaired) electrons. The van der Waals surface area contributed by atoms with Crippen molar-refractivity contribution in [3.63, 3.8) is 0 Å². The summed E-state index contributed by atoms with van der Waals surface area (Å²) in [5, 5.41) is 0. The van der Waals surface area contributed by atoms with Crippen LogP contribution in [-0.4, -0.2) is 19.5 Å². The third kappa shape index (κ3) is 2.78. The third-order valence-corrected chi connectivity index (χ3v) is 3.99. The molecule has 0 unspecified atom stereocenters. The molecule has 4 nitrogen and oxygen atoms in total. The van der Waals surface area contributed by atoms with Gasteiger partial charge < -0.3 is 4.57 Å². The molecule has 0 spiro atoms. The van der Waals surface area contributed by atoms with E-state index in [4.69, 9.17) is 11.6 Å². The number of hydrogen-bond donors (Lipinski definition) is 0. The van der Waals surface area contributed by atoms with Gasteiger partial charge >= 0.3 is 0 Å². The van der Waals surface area contributed by atoms with Gasteiger partial charge in [0.25, 0.3) is 0 Å². The Kier molecular flexibility index (Phi) is 3.91. The smallest absolute Gasteiger partial charge is 0.139 e. The summed E-state index contributed by atoms with van der Waals surface area (Å²) in [5.41, 5.74) is 2.23. The van der Waals surface area contributed by atoms with Gasteiger partial charge in [0.05, 0.1) is 33.6 Å². The van der Waals surface area contributed by atoms with Crippen LogP contribution in [-0.2, 0) is 12.4 Å². The van der Waals surface area contributed by atoms with Crippen LogP contribution in [0.15, 0.2) is 28.9 Å². The molecule has 0 amide bonds. The van der Waals surface area contributed by atoms with Crippen molar-refractivity contribution in [1.29, 1.82) is 0 Å². The second-order valence-electron chi connectivity index (χ2n) is 4.60. The van der Waals surface area contributed by atoms with Crippen LogP contribution in [0.25, 0.3) is 11.0 Å². The number of aromatic nitrogens is 4. The van der Waals surface area contributed by atoms with Crippen LogP contribution in [0.3, 0.4) is 0 Å². The van der Waals surface area contributed by atoms with Crippen LogP contribution in [0, 0.1) is 12.7 Å². The number of halogens is 3. The molecule has 0 atom stereocenters. The number of alkyl halides is 1. The molecular formula is C14H11BrClFN4. The minimum Gasteiger partial charge on any atom is -0.321 e. The molecular weight excluding hydrogens is 359 g/mol. The Balaban J connectivity index is 2.14. The molecule has 3 aromatic rings. The highest BCUT2D eigenvalue weighted by Gasteiger charge is 2.13. The second-order valence-corrected chi connectivity index (χ2v) is 5.72. The molecule has 108 valence electrons. The van der Waals surface area contributed by atoms with Gasteiger partial charge in [-0.3, -0.25) is 0 Å². The highest BCUT2D eigenvalue weighted by molar-refractivity contribution is 9.10. The maximum absolute atomic E-state index is 13.8. The predicted octanol–water partition coefficient (Wildman–Crippen LogP) is 3.82. The minimum absolute atomic E-state index is 0.248. The van der Waals surface area contributed by atoms with Gasteiger partial charge in [0.1, 0.15) is 17.5 Å². The summed E-state index contributed by atoms with van der Waals surface area (Å²) < 4.78 is 16.1. The molecule has 21 heavy (non-hydrogen) atoms. The number of imidazole rings is 1. The van der Waals surface area contributed by atoms with E-state index in [-0.39, 0.29) is 11.7 Å². The normalized spacial score (nSPS) is 11.2. The molecule has 0 N–H and O–H groups in total. The number of benzene rings is 1. The van der Waals surface area contributed by atoms with Crippen LogP contribution in [0.5, 0.6) is 0 Å². The molecule has 3 rings (SSSR count). The first-order valence-electron chi connectivity index (χ1n) is 6.27. The van der Waals surface area contributed by atoms with E-state index in [1.807, 2.05) is 17.6 Å². The van der Waals surface area contributed by atoms with Crippen molar-refractivity contribution < 1.29 is 4.39 Å². The van der Waals surface area contributed by atoms with Gasteiger partial charge in [0.2, 0.25) is 0 Å². The summed E-state index contributed by atoms with van der Waals surface area (Å²) >= 11 is 9.13. The molecule has 7 heteroatoms. The van der Waals surface area contributed by atoms with Crippen molar-refractivity contribution in [2.45, 2.75) is 19.3 Å². The van der Waals surface area contributed by atoms with Crippen LogP contribution in [0.4, 0.5) is 4.39 Å². The van der Waals surface area contributed by atoms with Crippen molar-refractivity contribution in [3.05, 3.63) is 52.0 Å². The van der Waals surface area contributed by atoms with Crippen molar-refractivity contribution in [3.8, 4) is 0 Å². The van der Waals surface area contributed by atoms with E-state index >= 15 is 0 Å². The zero-order valence-electron chi connectivity index (χ0n) is 11.1.